The van der Waals surface area contributed by atoms with Gasteiger partial charge < -0.3 is 9.72 Å². The number of H-pyrrole nitrogens is 1. The van der Waals surface area contributed by atoms with Crippen molar-refractivity contribution in [1.82, 2.24) is 9.97 Å². The molecule has 0 unspecified atom stereocenters. The van der Waals surface area contributed by atoms with Crippen LogP contribution < -0.4 is 4.74 Å². The van der Waals surface area contributed by atoms with Gasteiger partial charge in [0.25, 0.3) is 0 Å². The van der Waals surface area contributed by atoms with Crippen molar-refractivity contribution >= 4 is 10.9 Å². The zero-order chi connectivity index (χ0) is 11.5. The van der Waals surface area contributed by atoms with Gasteiger partial charge in [0, 0.05) is 11.7 Å². The highest BCUT2D eigenvalue weighted by molar-refractivity contribution is 5.80. The number of rotatable bonds is 3. The molecule has 2 aromatic heterocycles. The molecule has 0 aliphatic carbocycles. The summed E-state index contributed by atoms with van der Waals surface area (Å²) in [6.45, 7) is 0.528. The first-order valence-electron chi connectivity index (χ1n) is 5.51. The molecule has 17 heavy (non-hydrogen) atoms. The first-order valence-corrected chi connectivity index (χ1v) is 5.51. The van der Waals surface area contributed by atoms with Crippen LogP contribution in [0.1, 0.15) is 5.69 Å². The Kier molecular flexibility index (Phi) is 2.50. The number of hydrogen-bond acceptors (Lipinski definition) is 2. The molecule has 0 spiro atoms. The predicted molar refractivity (Wildman–Crippen MR) is 66.9 cm³/mol. The molecule has 0 atom stereocenters. The first kappa shape index (κ1) is 9.90. The van der Waals surface area contributed by atoms with Crippen LogP contribution in [0.25, 0.3) is 10.9 Å². The Hall–Kier alpha value is -2.29. The van der Waals surface area contributed by atoms with Crippen LogP contribution in [0.4, 0.5) is 0 Å². The molecule has 0 radical (unpaired) electrons. The molecule has 3 aromatic rings. The highest BCUT2D eigenvalue weighted by atomic mass is 16.5. The fourth-order valence-corrected chi connectivity index (χ4v) is 1.80. The standard InChI is InChI=1S/C14H12N2O/c1-2-6-14-11(4-1)8-12(16-14)10-17-13-5-3-7-15-9-13/h1-9,16H,10H2. The number of para-hydroxylation sites is 1. The second-order valence-electron chi connectivity index (χ2n) is 3.86. The Labute approximate surface area is 99.1 Å². The maximum Gasteiger partial charge on any atom is 0.138 e. The Morgan fingerprint density at radius 3 is 2.88 bits per heavy atom. The molecule has 0 amide bonds. The summed E-state index contributed by atoms with van der Waals surface area (Å²) in [4.78, 5) is 7.32. The third-order valence-corrected chi connectivity index (χ3v) is 2.61. The summed E-state index contributed by atoms with van der Waals surface area (Å²) < 4.78 is 5.63. The highest BCUT2D eigenvalue weighted by Gasteiger charge is 2.00. The van der Waals surface area contributed by atoms with E-state index in [1.165, 1.54) is 5.39 Å². The molecule has 0 fully saturated rings. The van der Waals surface area contributed by atoms with Crippen LogP contribution in [0.15, 0.2) is 54.9 Å². The summed E-state index contributed by atoms with van der Waals surface area (Å²) in [6, 6.07) is 14.1. The SMILES string of the molecule is c1cncc(OCc2cc3ccccc3[nH]2)c1. The summed E-state index contributed by atoms with van der Waals surface area (Å²) in [5.41, 5.74) is 2.20. The van der Waals surface area contributed by atoms with Crippen molar-refractivity contribution in [3.8, 4) is 5.75 Å². The van der Waals surface area contributed by atoms with E-state index in [9.17, 15) is 0 Å². The molecule has 0 bridgehead atoms. The molecule has 1 N–H and O–H groups in total. The normalized spacial score (nSPS) is 10.6. The lowest BCUT2D eigenvalue weighted by atomic mass is 10.2. The van der Waals surface area contributed by atoms with Crippen molar-refractivity contribution in [3.05, 3.63) is 60.6 Å². The average Bonchev–Trinajstić information content (AvgIpc) is 2.80. The van der Waals surface area contributed by atoms with E-state index in [1.807, 2.05) is 24.3 Å². The number of ether oxygens (including phenoxy) is 1. The van der Waals surface area contributed by atoms with E-state index in [0.29, 0.717) is 6.61 Å². The van der Waals surface area contributed by atoms with E-state index < -0.39 is 0 Å². The van der Waals surface area contributed by atoms with Crippen LogP contribution in [-0.4, -0.2) is 9.97 Å². The smallest absolute Gasteiger partial charge is 0.138 e. The quantitative estimate of drug-likeness (QED) is 0.742. The minimum Gasteiger partial charge on any atom is -0.486 e. The first-order chi connectivity index (χ1) is 8.42. The van der Waals surface area contributed by atoms with Gasteiger partial charge in [0.1, 0.15) is 12.4 Å². The molecular formula is C14H12N2O. The van der Waals surface area contributed by atoms with Crippen molar-refractivity contribution in [2.45, 2.75) is 6.61 Å². The van der Waals surface area contributed by atoms with Crippen LogP contribution in [0.2, 0.25) is 0 Å². The zero-order valence-electron chi connectivity index (χ0n) is 9.26. The monoisotopic (exact) mass is 224 g/mol. The van der Waals surface area contributed by atoms with Gasteiger partial charge in [-0.05, 0) is 29.7 Å². The zero-order valence-corrected chi connectivity index (χ0v) is 9.26. The van der Waals surface area contributed by atoms with Gasteiger partial charge in [0.05, 0.1) is 11.9 Å². The number of aromatic amines is 1. The third-order valence-electron chi connectivity index (χ3n) is 2.61. The van der Waals surface area contributed by atoms with Crippen molar-refractivity contribution in [2.24, 2.45) is 0 Å². The van der Waals surface area contributed by atoms with Crippen LogP contribution in [-0.2, 0) is 6.61 Å². The van der Waals surface area contributed by atoms with Gasteiger partial charge >= 0.3 is 0 Å². The maximum absolute atomic E-state index is 5.63. The second kappa shape index (κ2) is 4.29. The fourth-order valence-electron chi connectivity index (χ4n) is 1.80. The number of hydrogen-bond donors (Lipinski definition) is 1. The van der Waals surface area contributed by atoms with Gasteiger partial charge in [-0.1, -0.05) is 18.2 Å². The van der Waals surface area contributed by atoms with Crippen LogP contribution >= 0.6 is 0 Å². The minimum absolute atomic E-state index is 0.528. The minimum atomic E-state index is 0.528. The number of benzene rings is 1. The number of pyridine rings is 1. The summed E-state index contributed by atoms with van der Waals surface area (Å²) in [5, 5.41) is 1.21. The molecule has 3 rings (SSSR count). The van der Waals surface area contributed by atoms with E-state index in [2.05, 4.69) is 28.2 Å². The third kappa shape index (κ3) is 2.13. The van der Waals surface area contributed by atoms with E-state index in [4.69, 9.17) is 4.74 Å². The Morgan fingerprint density at radius 1 is 1.12 bits per heavy atom. The lowest BCUT2D eigenvalue weighted by molar-refractivity contribution is 0.301. The highest BCUT2D eigenvalue weighted by Crippen LogP contribution is 2.16. The number of nitrogens with one attached hydrogen (secondary N) is 1. The van der Waals surface area contributed by atoms with Crippen molar-refractivity contribution < 1.29 is 4.74 Å². The van der Waals surface area contributed by atoms with E-state index >= 15 is 0 Å². The number of fused-ring (bicyclic) bond motifs is 1. The molecule has 3 nitrogen and oxygen atoms in total. The van der Waals surface area contributed by atoms with Gasteiger partial charge in [0.2, 0.25) is 0 Å². The summed E-state index contributed by atoms with van der Waals surface area (Å²) in [7, 11) is 0. The number of nitrogens with zero attached hydrogens (tertiary/aromatic N) is 1. The molecule has 2 heterocycles. The second-order valence-corrected chi connectivity index (χ2v) is 3.86. The van der Waals surface area contributed by atoms with Crippen molar-refractivity contribution in [1.29, 1.82) is 0 Å². The summed E-state index contributed by atoms with van der Waals surface area (Å²) in [5.74, 6) is 0.783. The predicted octanol–water partition coefficient (Wildman–Crippen LogP) is 3.14. The van der Waals surface area contributed by atoms with E-state index in [-0.39, 0.29) is 0 Å². The largest absolute Gasteiger partial charge is 0.486 e. The Balaban J connectivity index is 1.77. The molecule has 3 heteroatoms. The summed E-state index contributed by atoms with van der Waals surface area (Å²) in [6.07, 6.45) is 3.44. The lowest BCUT2D eigenvalue weighted by Crippen LogP contribution is -1.95. The molecular weight excluding hydrogens is 212 g/mol. The van der Waals surface area contributed by atoms with Crippen LogP contribution in [0, 0.1) is 0 Å². The van der Waals surface area contributed by atoms with E-state index in [0.717, 1.165) is 17.0 Å². The molecule has 0 saturated carbocycles. The van der Waals surface area contributed by atoms with Crippen LogP contribution in [0.3, 0.4) is 0 Å². The van der Waals surface area contributed by atoms with E-state index in [1.54, 1.807) is 12.4 Å². The van der Waals surface area contributed by atoms with Gasteiger partial charge in [-0.15, -0.1) is 0 Å². The fraction of sp³-hybridized carbons (Fsp3) is 0.0714. The van der Waals surface area contributed by atoms with Crippen molar-refractivity contribution in [2.75, 3.05) is 0 Å². The van der Waals surface area contributed by atoms with Gasteiger partial charge in [-0.2, -0.15) is 0 Å². The average molecular weight is 224 g/mol. The van der Waals surface area contributed by atoms with Gasteiger partial charge in [-0.25, -0.2) is 0 Å². The molecule has 0 saturated heterocycles. The Bertz CT molecular complexity index is 583. The lowest BCUT2D eigenvalue weighted by Gasteiger charge is -2.02. The molecule has 1 aromatic carbocycles. The number of aromatic nitrogens is 2. The van der Waals surface area contributed by atoms with Gasteiger partial charge in [-0.3, -0.25) is 4.98 Å². The van der Waals surface area contributed by atoms with Crippen LogP contribution in [0.5, 0.6) is 5.75 Å². The van der Waals surface area contributed by atoms with Gasteiger partial charge in [0.15, 0.2) is 0 Å². The molecule has 0 aliphatic rings. The molecule has 0 aliphatic heterocycles. The summed E-state index contributed by atoms with van der Waals surface area (Å²) >= 11 is 0. The molecule has 84 valence electrons. The Morgan fingerprint density at radius 2 is 2.06 bits per heavy atom. The maximum atomic E-state index is 5.63. The topological polar surface area (TPSA) is 37.9 Å². The van der Waals surface area contributed by atoms with Crippen molar-refractivity contribution in [3.63, 3.8) is 0 Å².